The highest BCUT2D eigenvalue weighted by molar-refractivity contribution is 5.94. The van der Waals surface area contributed by atoms with Gasteiger partial charge in [0.25, 0.3) is 5.91 Å². The second-order valence-corrected chi connectivity index (χ2v) is 5.22. The minimum atomic E-state index is -4.48. The summed E-state index contributed by atoms with van der Waals surface area (Å²) < 4.78 is 37.3. The van der Waals surface area contributed by atoms with Crippen LogP contribution in [0.1, 0.15) is 28.9 Å². The Bertz CT molecular complexity index is 479. The number of carbonyl (C=O) groups is 1. The van der Waals surface area contributed by atoms with Crippen LogP contribution in [0.2, 0.25) is 0 Å². The molecule has 1 aromatic heterocycles. The molecule has 2 heterocycles. The maximum atomic E-state index is 12.4. The van der Waals surface area contributed by atoms with E-state index in [2.05, 4.69) is 10.3 Å². The third-order valence-corrected chi connectivity index (χ3v) is 3.70. The van der Waals surface area contributed by atoms with Gasteiger partial charge >= 0.3 is 6.18 Å². The first-order valence-electron chi connectivity index (χ1n) is 6.89. The lowest BCUT2D eigenvalue weighted by molar-refractivity contribution is -0.141. The van der Waals surface area contributed by atoms with Gasteiger partial charge < -0.3 is 10.2 Å². The fourth-order valence-corrected chi connectivity index (χ4v) is 2.50. The Morgan fingerprint density at radius 2 is 2.05 bits per heavy atom. The zero-order valence-corrected chi connectivity index (χ0v) is 11.8. The van der Waals surface area contributed by atoms with Gasteiger partial charge in [-0.3, -0.25) is 9.78 Å². The molecule has 2 rings (SSSR count). The van der Waals surface area contributed by atoms with Crippen LogP contribution in [0.25, 0.3) is 0 Å². The maximum absolute atomic E-state index is 12.4. The monoisotopic (exact) mass is 301 g/mol. The molecule has 21 heavy (non-hydrogen) atoms. The van der Waals surface area contributed by atoms with Crippen molar-refractivity contribution < 1.29 is 18.0 Å². The number of rotatable bonds is 3. The van der Waals surface area contributed by atoms with Crippen molar-refractivity contribution in [3.63, 3.8) is 0 Å². The Hall–Kier alpha value is -1.63. The van der Waals surface area contributed by atoms with Gasteiger partial charge in [0.1, 0.15) is 5.69 Å². The Morgan fingerprint density at radius 3 is 2.52 bits per heavy atom. The summed E-state index contributed by atoms with van der Waals surface area (Å²) in [5.41, 5.74) is -0.776. The molecule has 0 unspecified atom stereocenters. The smallest absolute Gasteiger partial charge is 0.339 e. The molecule has 0 radical (unpaired) electrons. The Balaban J connectivity index is 1.98. The quantitative estimate of drug-likeness (QED) is 0.930. The van der Waals surface area contributed by atoms with Gasteiger partial charge in [0.2, 0.25) is 0 Å². The number of carbonyl (C=O) groups excluding carboxylic acids is 1. The molecule has 1 N–H and O–H groups in total. The van der Waals surface area contributed by atoms with E-state index < -0.39 is 11.9 Å². The van der Waals surface area contributed by atoms with Crippen molar-refractivity contribution in [2.24, 2.45) is 5.92 Å². The van der Waals surface area contributed by atoms with Crippen LogP contribution in [0.5, 0.6) is 0 Å². The van der Waals surface area contributed by atoms with Crippen LogP contribution in [-0.2, 0) is 6.18 Å². The van der Waals surface area contributed by atoms with Gasteiger partial charge in [-0.15, -0.1) is 0 Å². The molecule has 0 atom stereocenters. The Kier molecular flexibility index (Phi) is 4.82. The van der Waals surface area contributed by atoms with Crippen molar-refractivity contribution in [2.75, 3.05) is 26.7 Å². The minimum absolute atomic E-state index is 0.204. The summed E-state index contributed by atoms with van der Waals surface area (Å²) >= 11 is 0. The van der Waals surface area contributed by atoms with E-state index in [1.807, 2.05) is 7.05 Å². The SMILES string of the molecule is CNCC1CCN(C(=O)c2ccc(C(F)(F)F)nc2)CC1. The topological polar surface area (TPSA) is 45.2 Å². The number of halogens is 3. The maximum Gasteiger partial charge on any atom is 0.433 e. The van der Waals surface area contributed by atoms with E-state index in [0.29, 0.717) is 19.0 Å². The Labute approximate surface area is 121 Å². The van der Waals surface area contributed by atoms with E-state index in [0.717, 1.165) is 31.6 Å². The van der Waals surface area contributed by atoms with Crippen molar-refractivity contribution in [3.05, 3.63) is 29.6 Å². The number of likely N-dealkylation sites (tertiary alicyclic amines) is 1. The lowest BCUT2D eigenvalue weighted by Gasteiger charge is -2.32. The fraction of sp³-hybridized carbons (Fsp3) is 0.571. The minimum Gasteiger partial charge on any atom is -0.339 e. The first-order chi connectivity index (χ1) is 9.91. The van der Waals surface area contributed by atoms with Gasteiger partial charge in [-0.2, -0.15) is 13.2 Å². The lowest BCUT2D eigenvalue weighted by Crippen LogP contribution is -2.40. The lowest BCUT2D eigenvalue weighted by atomic mass is 9.96. The van der Waals surface area contributed by atoms with Gasteiger partial charge in [0.15, 0.2) is 0 Å². The first kappa shape index (κ1) is 15.8. The van der Waals surface area contributed by atoms with Crippen LogP contribution < -0.4 is 5.32 Å². The van der Waals surface area contributed by atoms with Crippen molar-refractivity contribution >= 4 is 5.91 Å². The molecule has 1 amide bonds. The highest BCUT2D eigenvalue weighted by Crippen LogP contribution is 2.27. The third-order valence-electron chi connectivity index (χ3n) is 3.70. The molecule has 0 spiro atoms. The molecular formula is C14H18F3N3O. The predicted octanol–water partition coefficient (Wildman–Crippen LogP) is 2.17. The summed E-state index contributed by atoms with van der Waals surface area (Å²) in [6.45, 7) is 2.18. The van der Waals surface area contributed by atoms with Crippen LogP contribution in [0, 0.1) is 5.92 Å². The van der Waals surface area contributed by atoms with Gasteiger partial charge in [0, 0.05) is 19.3 Å². The van der Waals surface area contributed by atoms with Crippen molar-refractivity contribution in [2.45, 2.75) is 19.0 Å². The van der Waals surface area contributed by atoms with Crippen LogP contribution in [0.3, 0.4) is 0 Å². The van der Waals surface area contributed by atoms with Gasteiger partial charge in [0.05, 0.1) is 5.56 Å². The molecule has 0 saturated carbocycles. The Morgan fingerprint density at radius 1 is 1.38 bits per heavy atom. The first-order valence-corrected chi connectivity index (χ1v) is 6.89. The number of pyridine rings is 1. The summed E-state index contributed by atoms with van der Waals surface area (Å²) in [4.78, 5) is 17.2. The number of aromatic nitrogens is 1. The molecule has 0 aromatic carbocycles. The number of hydrogen-bond donors (Lipinski definition) is 1. The normalized spacial score (nSPS) is 17.0. The largest absolute Gasteiger partial charge is 0.433 e. The molecule has 1 saturated heterocycles. The molecule has 1 aliphatic heterocycles. The zero-order valence-electron chi connectivity index (χ0n) is 11.8. The number of nitrogens with zero attached hydrogens (tertiary/aromatic N) is 2. The number of nitrogens with one attached hydrogen (secondary N) is 1. The summed E-state index contributed by atoms with van der Waals surface area (Å²) in [7, 11) is 1.89. The number of piperidine rings is 1. The van der Waals surface area contributed by atoms with Crippen LogP contribution in [-0.4, -0.2) is 42.5 Å². The van der Waals surface area contributed by atoms with Crippen molar-refractivity contribution in [1.29, 1.82) is 0 Å². The molecule has 1 aromatic rings. The molecule has 1 aliphatic rings. The van der Waals surface area contributed by atoms with Crippen molar-refractivity contribution in [3.8, 4) is 0 Å². The molecule has 116 valence electrons. The van der Waals surface area contributed by atoms with Crippen LogP contribution >= 0.6 is 0 Å². The number of amides is 1. The van der Waals surface area contributed by atoms with E-state index in [4.69, 9.17) is 0 Å². The summed E-state index contributed by atoms with van der Waals surface area (Å²) in [5, 5.41) is 3.11. The van der Waals surface area contributed by atoms with E-state index in [-0.39, 0.29) is 11.5 Å². The molecule has 0 bridgehead atoms. The second kappa shape index (κ2) is 6.43. The summed E-state index contributed by atoms with van der Waals surface area (Å²) in [5.74, 6) is 0.295. The highest BCUT2D eigenvalue weighted by Gasteiger charge is 2.32. The van der Waals surface area contributed by atoms with Crippen LogP contribution in [0.4, 0.5) is 13.2 Å². The predicted molar refractivity (Wildman–Crippen MR) is 71.8 cm³/mol. The standard InChI is InChI=1S/C14H18F3N3O/c1-18-8-10-4-6-20(7-5-10)13(21)11-2-3-12(19-9-11)14(15,16)17/h2-3,9-10,18H,4-8H2,1H3. The average molecular weight is 301 g/mol. The number of alkyl halides is 3. The number of hydrogen-bond acceptors (Lipinski definition) is 3. The molecular weight excluding hydrogens is 283 g/mol. The third kappa shape index (κ3) is 3.93. The van der Waals surface area contributed by atoms with Gasteiger partial charge in [-0.05, 0) is 44.5 Å². The van der Waals surface area contributed by atoms with E-state index in [1.165, 1.54) is 6.07 Å². The second-order valence-electron chi connectivity index (χ2n) is 5.22. The van der Waals surface area contributed by atoms with Crippen LogP contribution in [0.15, 0.2) is 18.3 Å². The molecule has 4 nitrogen and oxygen atoms in total. The van der Waals surface area contributed by atoms with E-state index >= 15 is 0 Å². The fourth-order valence-electron chi connectivity index (χ4n) is 2.50. The zero-order chi connectivity index (χ0) is 15.5. The van der Waals surface area contributed by atoms with Crippen molar-refractivity contribution in [1.82, 2.24) is 15.2 Å². The van der Waals surface area contributed by atoms with Gasteiger partial charge in [-0.25, -0.2) is 0 Å². The summed E-state index contributed by atoms with van der Waals surface area (Å²) in [6.07, 6.45) is -1.67. The highest BCUT2D eigenvalue weighted by atomic mass is 19.4. The summed E-state index contributed by atoms with van der Waals surface area (Å²) in [6, 6.07) is 2.04. The average Bonchev–Trinajstić information content (AvgIpc) is 2.47. The van der Waals surface area contributed by atoms with E-state index in [9.17, 15) is 18.0 Å². The van der Waals surface area contributed by atoms with Gasteiger partial charge in [-0.1, -0.05) is 0 Å². The molecule has 1 fully saturated rings. The van der Waals surface area contributed by atoms with E-state index in [1.54, 1.807) is 4.90 Å². The molecule has 0 aliphatic carbocycles. The molecule has 7 heteroatoms.